The first kappa shape index (κ1) is 18.2. The lowest BCUT2D eigenvalue weighted by atomic mass is 10.0. The number of piperidine rings is 1. The Bertz CT molecular complexity index is 775. The monoisotopic (exact) mass is 371 g/mol. The number of piperazine rings is 1. The van der Waals surface area contributed by atoms with Crippen LogP contribution in [0.2, 0.25) is 0 Å². The van der Waals surface area contributed by atoms with Crippen molar-refractivity contribution < 1.29 is 4.79 Å². The Morgan fingerprint density at radius 3 is 2.67 bits per heavy atom. The van der Waals surface area contributed by atoms with Crippen molar-refractivity contribution in [1.29, 1.82) is 0 Å². The van der Waals surface area contributed by atoms with Crippen molar-refractivity contribution in [3.8, 4) is 0 Å². The van der Waals surface area contributed by atoms with Gasteiger partial charge >= 0.3 is 0 Å². The third-order valence-electron chi connectivity index (χ3n) is 5.99. The van der Waals surface area contributed by atoms with Crippen molar-refractivity contribution >= 4 is 22.8 Å². The number of H-pyrrole nitrogens is 1. The molecule has 146 valence electrons. The largest absolute Gasteiger partial charge is 0.356 e. The predicted octanol–water partition coefficient (Wildman–Crippen LogP) is 0.633. The first-order chi connectivity index (χ1) is 13.1. The fourth-order valence-corrected chi connectivity index (χ4v) is 4.12. The second-order valence-electron chi connectivity index (χ2n) is 7.74. The second-order valence-corrected chi connectivity index (χ2v) is 7.74. The Morgan fingerprint density at radius 1 is 1.19 bits per heavy atom. The van der Waals surface area contributed by atoms with Gasteiger partial charge in [0.1, 0.15) is 17.8 Å². The predicted molar refractivity (Wildman–Crippen MR) is 106 cm³/mol. The number of fused-ring (bicyclic) bond motifs is 1. The Morgan fingerprint density at radius 2 is 1.93 bits per heavy atom. The van der Waals surface area contributed by atoms with Gasteiger partial charge in [-0.3, -0.25) is 9.69 Å². The zero-order valence-corrected chi connectivity index (χ0v) is 16.3. The molecule has 8 heteroatoms. The zero-order chi connectivity index (χ0) is 18.8. The van der Waals surface area contributed by atoms with E-state index in [4.69, 9.17) is 0 Å². The number of likely N-dealkylation sites (tertiary alicyclic amines) is 1. The number of carbonyl (C=O) groups excluding carboxylic acids is 1. The molecule has 0 aliphatic carbocycles. The molecular formula is C19H29N7O. The molecule has 0 unspecified atom stereocenters. The van der Waals surface area contributed by atoms with Crippen molar-refractivity contribution in [3.05, 3.63) is 18.6 Å². The summed E-state index contributed by atoms with van der Waals surface area (Å²) in [5.41, 5.74) is 0.877. The molecule has 1 amide bonds. The van der Waals surface area contributed by atoms with Crippen LogP contribution in [0.5, 0.6) is 0 Å². The summed E-state index contributed by atoms with van der Waals surface area (Å²) in [6.07, 6.45) is 5.61. The minimum absolute atomic E-state index is 0.278. The van der Waals surface area contributed by atoms with E-state index < -0.39 is 0 Å². The quantitative estimate of drug-likeness (QED) is 0.850. The van der Waals surface area contributed by atoms with E-state index in [9.17, 15) is 4.79 Å². The Balaban J connectivity index is 1.31. The van der Waals surface area contributed by atoms with Gasteiger partial charge in [0.2, 0.25) is 5.91 Å². The summed E-state index contributed by atoms with van der Waals surface area (Å²) in [5.74, 6) is 1.26. The molecule has 2 aliphatic heterocycles. The zero-order valence-electron chi connectivity index (χ0n) is 16.3. The third-order valence-corrected chi connectivity index (χ3v) is 5.99. The number of amides is 1. The number of likely N-dealkylation sites (N-methyl/N-ethyl adjacent to an activating group) is 1. The molecule has 2 aromatic rings. The van der Waals surface area contributed by atoms with E-state index in [1.807, 2.05) is 17.2 Å². The SMILES string of the molecule is CN1CCN(C(=O)CN2CCC(N(C)c3ncnc4[nH]ccc34)CC2)CC1. The van der Waals surface area contributed by atoms with E-state index in [-0.39, 0.29) is 5.91 Å². The van der Waals surface area contributed by atoms with Crippen LogP contribution in [0.15, 0.2) is 18.6 Å². The molecule has 2 aliphatic rings. The van der Waals surface area contributed by atoms with Crippen LogP contribution < -0.4 is 4.90 Å². The minimum atomic E-state index is 0.278. The number of nitrogens with one attached hydrogen (secondary N) is 1. The van der Waals surface area contributed by atoms with Crippen molar-refractivity contribution in [2.45, 2.75) is 18.9 Å². The number of carbonyl (C=O) groups is 1. The summed E-state index contributed by atoms with van der Waals surface area (Å²) < 4.78 is 0. The van der Waals surface area contributed by atoms with Crippen molar-refractivity contribution in [3.63, 3.8) is 0 Å². The van der Waals surface area contributed by atoms with Gasteiger partial charge in [-0.2, -0.15) is 0 Å². The normalized spacial score (nSPS) is 20.3. The molecule has 2 saturated heterocycles. The van der Waals surface area contributed by atoms with Gasteiger partial charge in [-0.05, 0) is 26.0 Å². The molecule has 1 N–H and O–H groups in total. The van der Waals surface area contributed by atoms with Crippen LogP contribution in [0.4, 0.5) is 5.82 Å². The summed E-state index contributed by atoms with van der Waals surface area (Å²) in [6.45, 7) is 6.13. The highest BCUT2D eigenvalue weighted by atomic mass is 16.2. The second kappa shape index (κ2) is 7.82. The molecule has 0 bridgehead atoms. The molecule has 4 rings (SSSR count). The number of rotatable bonds is 4. The lowest BCUT2D eigenvalue weighted by molar-refractivity contribution is -0.134. The first-order valence-corrected chi connectivity index (χ1v) is 9.81. The van der Waals surface area contributed by atoms with E-state index >= 15 is 0 Å². The average Bonchev–Trinajstić information content (AvgIpc) is 3.17. The van der Waals surface area contributed by atoms with Gasteiger partial charge in [0.25, 0.3) is 0 Å². The molecule has 0 atom stereocenters. The van der Waals surface area contributed by atoms with Gasteiger partial charge in [-0.15, -0.1) is 0 Å². The van der Waals surface area contributed by atoms with Crippen LogP contribution in [0.3, 0.4) is 0 Å². The van der Waals surface area contributed by atoms with Gasteiger partial charge in [0, 0.05) is 58.6 Å². The third kappa shape index (κ3) is 3.91. The van der Waals surface area contributed by atoms with Crippen LogP contribution in [0, 0.1) is 0 Å². The summed E-state index contributed by atoms with van der Waals surface area (Å²) in [6, 6.07) is 2.47. The number of aromatic amines is 1. The molecule has 8 nitrogen and oxygen atoms in total. The number of nitrogens with zero attached hydrogens (tertiary/aromatic N) is 6. The Hall–Kier alpha value is -2.19. The fourth-order valence-electron chi connectivity index (χ4n) is 4.12. The molecule has 0 spiro atoms. The maximum Gasteiger partial charge on any atom is 0.236 e. The lowest BCUT2D eigenvalue weighted by Crippen LogP contribution is -2.52. The first-order valence-electron chi connectivity index (χ1n) is 9.81. The highest BCUT2D eigenvalue weighted by Gasteiger charge is 2.27. The number of hydrogen-bond acceptors (Lipinski definition) is 6. The standard InChI is InChI=1S/C19H29N7O/c1-23-9-11-26(12-10-23)17(27)13-25-7-4-15(5-8-25)24(2)19-16-3-6-20-18(16)21-14-22-19/h3,6,14-15H,4-5,7-13H2,1-2H3,(H,20,21,22). The highest BCUT2D eigenvalue weighted by Crippen LogP contribution is 2.26. The van der Waals surface area contributed by atoms with Crippen LogP contribution in [-0.2, 0) is 4.79 Å². The van der Waals surface area contributed by atoms with Crippen LogP contribution in [-0.4, -0.2) is 102 Å². The molecule has 0 radical (unpaired) electrons. The summed E-state index contributed by atoms with van der Waals surface area (Å²) in [4.78, 5) is 33.4. The van der Waals surface area contributed by atoms with Crippen LogP contribution in [0.1, 0.15) is 12.8 Å². The van der Waals surface area contributed by atoms with Crippen molar-refractivity contribution in [1.82, 2.24) is 29.7 Å². The Kier molecular flexibility index (Phi) is 5.27. The molecule has 2 aromatic heterocycles. The van der Waals surface area contributed by atoms with Crippen molar-refractivity contribution in [2.24, 2.45) is 0 Å². The summed E-state index contributed by atoms with van der Waals surface area (Å²) in [7, 11) is 4.23. The number of anilines is 1. The lowest BCUT2D eigenvalue weighted by Gasteiger charge is -2.38. The molecule has 2 fully saturated rings. The van der Waals surface area contributed by atoms with E-state index in [0.29, 0.717) is 12.6 Å². The van der Waals surface area contributed by atoms with E-state index in [1.165, 1.54) is 0 Å². The van der Waals surface area contributed by atoms with Gasteiger partial charge in [-0.1, -0.05) is 0 Å². The van der Waals surface area contributed by atoms with Gasteiger partial charge in [-0.25, -0.2) is 9.97 Å². The van der Waals surface area contributed by atoms with Gasteiger partial charge in [0.15, 0.2) is 0 Å². The van der Waals surface area contributed by atoms with Crippen LogP contribution in [0.25, 0.3) is 11.0 Å². The Labute approximate surface area is 160 Å². The maximum atomic E-state index is 12.6. The van der Waals surface area contributed by atoms with Crippen molar-refractivity contribution in [2.75, 3.05) is 64.8 Å². The molecule has 0 saturated carbocycles. The smallest absolute Gasteiger partial charge is 0.236 e. The summed E-state index contributed by atoms with van der Waals surface area (Å²) in [5, 5.41) is 1.06. The molecular weight excluding hydrogens is 342 g/mol. The van der Waals surface area contributed by atoms with E-state index in [1.54, 1.807) is 6.33 Å². The van der Waals surface area contributed by atoms with E-state index in [2.05, 4.69) is 43.7 Å². The molecule has 0 aromatic carbocycles. The van der Waals surface area contributed by atoms with Gasteiger partial charge in [0.05, 0.1) is 11.9 Å². The maximum absolute atomic E-state index is 12.6. The molecule has 27 heavy (non-hydrogen) atoms. The minimum Gasteiger partial charge on any atom is -0.356 e. The number of hydrogen-bond donors (Lipinski definition) is 1. The molecule has 4 heterocycles. The number of aromatic nitrogens is 3. The van der Waals surface area contributed by atoms with Crippen LogP contribution >= 0.6 is 0 Å². The average molecular weight is 371 g/mol. The fraction of sp³-hybridized carbons (Fsp3) is 0.632. The van der Waals surface area contributed by atoms with Gasteiger partial charge < -0.3 is 19.7 Å². The highest BCUT2D eigenvalue weighted by molar-refractivity contribution is 5.87. The topological polar surface area (TPSA) is 71.6 Å². The van der Waals surface area contributed by atoms with E-state index in [0.717, 1.165) is 69.0 Å². The summed E-state index contributed by atoms with van der Waals surface area (Å²) >= 11 is 0.